The Labute approximate surface area is 131 Å². The predicted molar refractivity (Wildman–Crippen MR) is 79.6 cm³/mol. The Bertz CT molecular complexity index is 612. The van der Waals surface area contributed by atoms with Crippen molar-refractivity contribution < 1.29 is 23.1 Å². The van der Waals surface area contributed by atoms with Gasteiger partial charge in [-0.05, 0) is 43.1 Å². The molecule has 0 saturated carbocycles. The molecule has 120 valence electrons. The number of halogens is 3. The molecule has 0 amide bonds. The van der Waals surface area contributed by atoms with Crippen LogP contribution in [-0.4, -0.2) is 16.6 Å². The standard InChI is InChI=1S/C16H17F3O2S/c1-8-9(2)14(18)16(15(19)13(8)17)22-4-3-10-5-11(20)7-12(21)6-10/h7,10,20H,3-6H2,1-2H3. The monoisotopic (exact) mass is 330 g/mol. The van der Waals surface area contributed by atoms with Gasteiger partial charge in [0.15, 0.2) is 17.4 Å². The zero-order chi connectivity index (χ0) is 16.4. The fourth-order valence-electron chi connectivity index (χ4n) is 2.47. The molecule has 0 spiro atoms. The summed E-state index contributed by atoms with van der Waals surface area (Å²) in [5, 5.41) is 9.42. The number of aliphatic hydroxyl groups is 1. The van der Waals surface area contributed by atoms with Crippen LogP contribution in [0.2, 0.25) is 0 Å². The van der Waals surface area contributed by atoms with Crippen molar-refractivity contribution >= 4 is 17.5 Å². The number of benzene rings is 1. The molecule has 6 heteroatoms. The van der Waals surface area contributed by atoms with E-state index in [0.29, 0.717) is 25.0 Å². The number of ketones is 1. The van der Waals surface area contributed by atoms with Gasteiger partial charge in [-0.2, -0.15) is 0 Å². The van der Waals surface area contributed by atoms with Crippen molar-refractivity contribution in [1.29, 1.82) is 0 Å². The molecular weight excluding hydrogens is 313 g/mol. The minimum absolute atomic E-state index is 0.0210. The maximum atomic E-state index is 14.1. The van der Waals surface area contributed by atoms with E-state index in [4.69, 9.17) is 0 Å². The lowest BCUT2D eigenvalue weighted by Gasteiger charge is -2.19. The normalized spacial score (nSPS) is 18.5. The van der Waals surface area contributed by atoms with E-state index in [1.807, 2.05) is 0 Å². The lowest BCUT2D eigenvalue weighted by atomic mass is 9.90. The maximum absolute atomic E-state index is 14.1. The molecule has 1 unspecified atom stereocenters. The van der Waals surface area contributed by atoms with Crippen LogP contribution in [0.5, 0.6) is 0 Å². The Balaban J connectivity index is 2.04. The number of carbonyl (C=O) groups is 1. The third-order valence-electron chi connectivity index (χ3n) is 3.90. The van der Waals surface area contributed by atoms with E-state index in [1.165, 1.54) is 19.9 Å². The highest BCUT2D eigenvalue weighted by atomic mass is 32.2. The van der Waals surface area contributed by atoms with Gasteiger partial charge in [0.05, 0.1) is 10.7 Å². The van der Waals surface area contributed by atoms with Crippen LogP contribution in [0, 0.1) is 37.2 Å². The summed E-state index contributed by atoms with van der Waals surface area (Å²) >= 11 is 0.904. The van der Waals surface area contributed by atoms with E-state index in [-0.39, 0.29) is 33.5 Å². The molecule has 1 aliphatic rings. The third-order valence-corrected chi connectivity index (χ3v) is 4.99. The van der Waals surface area contributed by atoms with E-state index in [1.54, 1.807) is 0 Å². The summed E-state index contributed by atoms with van der Waals surface area (Å²) in [5.74, 6) is -2.71. The van der Waals surface area contributed by atoms with Crippen LogP contribution in [-0.2, 0) is 4.79 Å². The first-order valence-electron chi connectivity index (χ1n) is 7.00. The molecule has 0 bridgehead atoms. The SMILES string of the molecule is Cc1c(C)c(F)c(SCCC2CC(=O)C=C(O)C2)c(F)c1F. The molecule has 0 fully saturated rings. The molecule has 0 radical (unpaired) electrons. The topological polar surface area (TPSA) is 37.3 Å². The second kappa shape index (κ2) is 6.77. The first-order chi connectivity index (χ1) is 10.3. The smallest absolute Gasteiger partial charge is 0.175 e. The summed E-state index contributed by atoms with van der Waals surface area (Å²) in [5.41, 5.74) is 0.0853. The second-order valence-corrected chi connectivity index (χ2v) is 6.64. The number of thioether (sulfide) groups is 1. The van der Waals surface area contributed by atoms with Crippen molar-refractivity contribution in [3.63, 3.8) is 0 Å². The minimum Gasteiger partial charge on any atom is -0.512 e. The summed E-state index contributed by atoms with van der Waals surface area (Å²) in [4.78, 5) is 11.0. The highest BCUT2D eigenvalue weighted by Crippen LogP contribution is 2.33. The molecular formula is C16H17F3O2S. The summed E-state index contributed by atoms with van der Waals surface area (Å²) in [6.45, 7) is 2.76. The molecule has 0 aliphatic heterocycles. The molecule has 0 saturated heterocycles. The molecule has 0 heterocycles. The van der Waals surface area contributed by atoms with Gasteiger partial charge in [0.2, 0.25) is 0 Å². The van der Waals surface area contributed by atoms with E-state index in [9.17, 15) is 23.1 Å². The summed E-state index contributed by atoms with van der Waals surface area (Å²) in [6, 6.07) is 0. The Morgan fingerprint density at radius 3 is 2.41 bits per heavy atom. The van der Waals surface area contributed by atoms with Crippen LogP contribution < -0.4 is 0 Å². The predicted octanol–water partition coefficient (Wildman–Crippen LogP) is 4.62. The van der Waals surface area contributed by atoms with Gasteiger partial charge in [0.1, 0.15) is 5.82 Å². The average Bonchev–Trinajstić information content (AvgIpc) is 2.46. The average molecular weight is 330 g/mol. The van der Waals surface area contributed by atoms with Crippen LogP contribution in [0.4, 0.5) is 13.2 Å². The minimum atomic E-state index is -1.16. The summed E-state index contributed by atoms with van der Waals surface area (Å²) in [6.07, 6.45) is 2.43. The quantitative estimate of drug-likeness (QED) is 0.646. The fraction of sp³-hybridized carbons (Fsp3) is 0.438. The molecule has 22 heavy (non-hydrogen) atoms. The Morgan fingerprint density at radius 2 is 1.77 bits per heavy atom. The molecule has 1 atom stereocenters. The van der Waals surface area contributed by atoms with E-state index in [0.717, 1.165) is 11.8 Å². The number of hydrogen-bond acceptors (Lipinski definition) is 3. The van der Waals surface area contributed by atoms with E-state index < -0.39 is 17.5 Å². The zero-order valence-electron chi connectivity index (χ0n) is 12.4. The summed E-state index contributed by atoms with van der Waals surface area (Å²) in [7, 11) is 0. The van der Waals surface area contributed by atoms with Gasteiger partial charge in [-0.15, -0.1) is 11.8 Å². The molecule has 1 aliphatic carbocycles. The van der Waals surface area contributed by atoms with Crippen LogP contribution >= 0.6 is 11.8 Å². The molecule has 1 aromatic carbocycles. The first kappa shape index (κ1) is 16.9. The first-order valence-corrected chi connectivity index (χ1v) is 7.98. The van der Waals surface area contributed by atoms with Crippen LogP contribution in [0.25, 0.3) is 0 Å². The molecule has 2 rings (SSSR count). The molecule has 1 aromatic rings. The number of hydrogen-bond donors (Lipinski definition) is 1. The number of aliphatic hydroxyl groups excluding tert-OH is 1. The van der Waals surface area contributed by atoms with E-state index in [2.05, 4.69) is 0 Å². The van der Waals surface area contributed by atoms with Crippen molar-refractivity contribution in [2.24, 2.45) is 5.92 Å². The van der Waals surface area contributed by atoms with Crippen molar-refractivity contribution in [3.8, 4) is 0 Å². The Kier molecular flexibility index (Phi) is 5.21. The molecule has 2 nitrogen and oxygen atoms in total. The largest absolute Gasteiger partial charge is 0.512 e. The molecule has 0 aromatic heterocycles. The van der Waals surface area contributed by atoms with Gasteiger partial charge in [-0.3, -0.25) is 4.79 Å². The van der Waals surface area contributed by atoms with Crippen molar-refractivity contribution in [2.75, 3.05) is 5.75 Å². The van der Waals surface area contributed by atoms with Crippen molar-refractivity contribution in [2.45, 2.75) is 38.0 Å². The number of carbonyl (C=O) groups excluding carboxylic acids is 1. The highest BCUT2D eigenvalue weighted by Gasteiger charge is 2.23. The van der Waals surface area contributed by atoms with Gasteiger partial charge < -0.3 is 5.11 Å². The van der Waals surface area contributed by atoms with Crippen LogP contribution in [0.15, 0.2) is 16.7 Å². The molecule has 1 N–H and O–H groups in total. The highest BCUT2D eigenvalue weighted by molar-refractivity contribution is 7.99. The lowest BCUT2D eigenvalue weighted by Crippen LogP contribution is -2.14. The summed E-state index contributed by atoms with van der Waals surface area (Å²) < 4.78 is 41.6. The Hall–Kier alpha value is -1.43. The fourth-order valence-corrected chi connectivity index (χ4v) is 3.63. The van der Waals surface area contributed by atoms with Crippen LogP contribution in [0.1, 0.15) is 30.4 Å². The zero-order valence-corrected chi connectivity index (χ0v) is 13.2. The van der Waals surface area contributed by atoms with Gasteiger partial charge in [-0.25, -0.2) is 13.2 Å². The van der Waals surface area contributed by atoms with Gasteiger partial charge in [-0.1, -0.05) is 0 Å². The Morgan fingerprint density at radius 1 is 1.14 bits per heavy atom. The van der Waals surface area contributed by atoms with Crippen LogP contribution in [0.3, 0.4) is 0 Å². The number of rotatable bonds is 4. The van der Waals surface area contributed by atoms with Gasteiger partial charge in [0.25, 0.3) is 0 Å². The second-order valence-electron chi connectivity index (χ2n) is 5.53. The maximum Gasteiger partial charge on any atom is 0.175 e. The third kappa shape index (κ3) is 3.48. The van der Waals surface area contributed by atoms with Gasteiger partial charge >= 0.3 is 0 Å². The van der Waals surface area contributed by atoms with Crippen molar-refractivity contribution in [3.05, 3.63) is 40.4 Å². The lowest BCUT2D eigenvalue weighted by molar-refractivity contribution is -0.116. The van der Waals surface area contributed by atoms with E-state index >= 15 is 0 Å². The van der Waals surface area contributed by atoms with Gasteiger partial charge in [0, 0.05) is 18.9 Å². The van der Waals surface area contributed by atoms with Crippen molar-refractivity contribution in [1.82, 2.24) is 0 Å². The number of allylic oxidation sites excluding steroid dienone is 2.